The minimum Gasteiger partial charge on any atom is -0.463 e. The van der Waals surface area contributed by atoms with E-state index in [0.29, 0.717) is 0 Å². The predicted molar refractivity (Wildman–Crippen MR) is 72.3 cm³/mol. The molecule has 0 radical (unpaired) electrons. The van der Waals surface area contributed by atoms with Crippen molar-refractivity contribution in [3.05, 3.63) is 33.1 Å². The first kappa shape index (κ1) is 16.9. The Morgan fingerprint density at radius 3 is 2.61 bits per heavy atom. The first-order valence-corrected chi connectivity index (χ1v) is 6.71. The third-order valence-electron chi connectivity index (χ3n) is 3.15. The molecule has 1 saturated heterocycles. The van der Waals surface area contributed by atoms with Crippen LogP contribution in [-0.2, 0) is 23.8 Å². The number of carbonyl (C=O) groups is 2. The fraction of sp³-hybridized carbons (Fsp3) is 0.538. The summed E-state index contributed by atoms with van der Waals surface area (Å²) < 4.78 is 30.4. The summed E-state index contributed by atoms with van der Waals surface area (Å²) in [4.78, 5) is 46.8. The number of halogens is 1. The molecule has 10 heteroatoms. The van der Waals surface area contributed by atoms with Crippen molar-refractivity contribution in [2.75, 3.05) is 6.61 Å². The maximum absolute atomic E-state index is 14.6. The van der Waals surface area contributed by atoms with E-state index in [2.05, 4.69) is 0 Å². The highest BCUT2D eigenvalue weighted by molar-refractivity contribution is 5.66. The predicted octanol–water partition coefficient (Wildman–Crippen LogP) is -0.733. The van der Waals surface area contributed by atoms with Gasteiger partial charge in [0.25, 0.3) is 5.56 Å². The second-order valence-corrected chi connectivity index (χ2v) is 4.90. The summed E-state index contributed by atoms with van der Waals surface area (Å²) in [6, 6.07) is 1.03. The van der Waals surface area contributed by atoms with Crippen molar-refractivity contribution in [3.63, 3.8) is 0 Å². The Labute approximate surface area is 129 Å². The normalized spacial score (nSPS) is 26.7. The van der Waals surface area contributed by atoms with E-state index in [0.717, 1.165) is 30.7 Å². The Hall–Kier alpha value is -2.49. The molecule has 1 aromatic heterocycles. The van der Waals surface area contributed by atoms with Crippen molar-refractivity contribution in [3.8, 4) is 0 Å². The number of nitrogens with one attached hydrogen (secondary N) is 1. The lowest BCUT2D eigenvalue weighted by atomic mass is 10.1. The summed E-state index contributed by atoms with van der Waals surface area (Å²) >= 11 is 0. The van der Waals surface area contributed by atoms with Gasteiger partial charge >= 0.3 is 17.6 Å². The summed E-state index contributed by atoms with van der Waals surface area (Å²) in [6.07, 6.45) is -4.68. The highest BCUT2D eigenvalue weighted by Gasteiger charge is 2.49. The molecule has 0 amide bonds. The van der Waals surface area contributed by atoms with Gasteiger partial charge in [-0.2, -0.15) is 0 Å². The van der Waals surface area contributed by atoms with Crippen LogP contribution in [0.2, 0.25) is 0 Å². The van der Waals surface area contributed by atoms with E-state index < -0.39 is 47.8 Å². The molecule has 2 heterocycles. The van der Waals surface area contributed by atoms with E-state index in [1.165, 1.54) is 0 Å². The Kier molecular flexibility index (Phi) is 4.94. The summed E-state index contributed by atoms with van der Waals surface area (Å²) in [6.45, 7) is 1.91. The third-order valence-corrected chi connectivity index (χ3v) is 3.15. The molecule has 0 aromatic carbocycles. The SMILES string of the molecule is CC(=O)OCC1O[C@H](n2ccc(=O)[nH]c2=O)[C@@H](F)[C@H]1OC(C)=O. The van der Waals surface area contributed by atoms with Crippen LogP contribution in [0.5, 0.6) is 0 Å². The van der Waals surface area contributed by atoms with E-state index in [9.17, 15) is 23.6 Å². The van der Waals surface area contributed by atoms with E-state index in [4.69, 9.17) is 14.2 Å². The Morgan fingerprint density at radius 2 is 2.04 bits per heavy atom. The van der Waals surface area contributed by atoms with E-state index in [-0.39, 0.29) is 6.61 Å². The number of alkyl halides is 1. The summed E-state index contributed by atoms with van der Waals surface area (Å²) in [5, 5.41) is 0. The highest BCUT2D eigenvalue weighted by Crippen LogP contribution is 2.33. The number of esters is 2. The van der Waals surface area contributed by atoms with Gasteiger partial charge in [-0.15, -0.1) is 0 Å². The maximum atomic E-state index is 14.6. The number of nitrogens with zero attached hydrogens (tertiary/aromatic N) is 1. The van der Waals surface area contributed by atoms with Gasteiger partial charge < -0.3 is 14.2 Å². The number of aromatic nitrogens is 2. The number of rotatable bonds is 4. The number of hydrogen-bond donors (Lipinski definition) is 1. The number of aromatic amines is 1. The highest BCUT2D eigenvalue weighted by atomic mass is 19.1. The second kappa shape index (κ2) is 6.73. The Morgan fingerprint density at radius 1 is 1.35 bits per heavy atom. The van der Waals surface area contributed by atoms with Gasteiger partial charge in [-0.1, -0.05) is 0 Å². The molecule has 1 aliphatic rings. The quantitative estimate of drug-likeness (QED) is 0.723. The lowest BCUT2D eigenvalue weighted by Gasteiger charge is -2.18. The molecule has 1 fully saturated rings. The molecular formula is C13H15FN2O7. The Bertz CT molecular complexity index is 713. The lowest BCUT2D eigenvalue weighted by Crippen LogP contribution is -2.37. The number of hydrogen-bond acceptors (Lipinski definition) is 7. The number of carbonyl (C=O) groups excluding carboxylic acids is 2. The van der Waals surface area contributed by atoms with Crippen LogP contribution in [0.1, 0.15) is 20.1 Å². The standard InChI is InChI=1S/C13H15FN2O7/c1-6(17)21-5-8-11(22-7(2)18)10(14)12(23-8)16-4-3-9(19)15-13(16)20/h3-4,8,10-12H,5H2,1-2H3,(H,15,19,20)/t8?,10-,11-,12-/m0/s1. The van der Waals surface area contributed by atoms with Crippen LogP contribution in [0.25, 0.3) is 0 Å². The molecule has 1 unspecified atom stereocenters. The van der Waals surface area contributed by atoms with Crippen molar-refractivity contribution in [2.24, 2.45) is 0 Å². The third kappa shape index (κ3) is 3.83. The van der Waals surface area contributed by atoms with Crippen LogP contribution in [0, 0.1) is 0 Å². The fourth-order valence-corrected chi connectivity index (χ4v) is 2.21. The van der Waals surface area contributed by atoms with E-state index in [1.807, 2.05) is 4.98 Å². The Balaban J connectivity index is 2.27. The van der Waals surface area contributed by atoms with E-state index >= 15 is 0 Å². The zero-order chi connectivity index (χ0) is 17.1. The number of H-pyrrole nitrogens is 1. The topological polar surface area (TPSA) is 117 Å². The van der Waals surface area contributed by atoms with Gasteiger partial charge in [-0.3, -0.25) is 23.9 Å². The first-order chi connectivity index (χ1) is 10.8. The van der Waals surface area contributed by atoms with Gasteiger partial charge in [-0.05, 0) is 0 Å². The van der Waals surface area contributed by atoms with Crippen LogP contribution in [-0.4, -0.2) is 46.5 Å². The van der Waals surface area contributed by atoms with Gasteiger partial charge in [-0.25, -0.2) is 9.18 Å². The van der Waals surface area contributed by atoms with Gasteiger partial charge in [0.2, 0.25) is 0 Å². The first-order valence-electron chi connectivity index (χ1n) is 6.71. The summed E-state index contributed by atoms with van der Waals surface area (Å²) in [5.74, 6) is -1.36. The maximum Gasteiger partial charge on any atom is 0.330 e. The van der Waals surface area contributed by atoms with Crippen LogP contribution >= 0.6 is 0 Å². The number of ether oxygens (including phenoxy) is 3. The molecule has 0 saturated carbocycles. The molecule has 0 bridgehead atoms. The lowest BCUT2D eigenvalue weighted by molar-refractivity contribution is -0.156. The van der Waals surface area contributed by atoms with Gasteiger partial charge in [0, 0.05) is 26.1 Å². The molecule has 0 spiro atoms. The van der Waals surface area contributed by atoms with Crippen LogP contribution < -0.4 is 11.2 Å². The molecular weight excluding hydrogens is 315 g/mol. The monoisotopic (exact) mass is 330 g/mol. The summed E-state index contributed by atoms with van der Waals surface area (Å²) in [7, 11) is 0. The van der Waals surface area contributed by atoms with Crippen LogP contribution in [0.3, 0.4) is 0 Å². The zero-order valence-corrected chi connectivity index (χ0v) is 12.4. The van der Waals surface area contributed by atoms with Crippen molar-refractivity contribution >= 4 is 11.9 Å². The second-order valence-electron chi connectivity index (χ2n) is 4.90. The molecule has 0 aliphatic carbocycles. The smallest absolute Gasteiger partial charge is 0.330 e. The van der Waals surface area contributed by atoms with Crippen molar-refractivity contribution in [2.45, 2.75) is 38.5 Å². The van der Waals surface area contributed by atoms with Crippen molar-refractivity contribution in [1.29, 1.82) is 0 Å². The molecule has 1 aromatic rings. The minimum atomic E-state index is -1.89. The van der Waals surface area contributed by atoms with Crippen molar-refractivity contribution in [1.82, 2.24) is 9.55 Å². The van der Waals surface area contributed by atoms with Gasteiger partial charge in [0.05, 0.1) is 0 Å². The molecule has 1 aliphatic heterocycles. The fourth-order valence-electron chi connectivity index (χ4n) is 2.21. The molecule has 4 atom stereocenters. The van der Waals surface area contributed by atoms with Gasteiger partial charge in [0.1, 0.15) is 12.7 Å². The molecule has 126 valence electrons. The van der Waals surface area contributed by atoms with Crippen LogP contribution in [0.15, 0.2) is 21.9 Å². The average Bonchev–Trinajstić information content (AvgIpc) is 2.73. The summed E-state index contributed by atoms with van der Waals surface area (Å²) in [5.41, 5.74) is -1.52. The average molecular weight is 330 g/mol. The molecule has 23 heavy (non-hydrogen) atoms. The zero-order valence-electron chi connectivity index (χ0n) is 12.4. The largest absolute Gasteiger partial charge is 0.463 e. The van der Waals surface area contributed by atoms with Crippen molar-refractivity contribution < 1.29 is 28.2 Å². The minimum absolute atomic E-state index is 0.345. The van der Waals surface area contributed by atoms with Gasteiger partial charge in [0.15, 0.2) is 18.5 Å². The molecule has 9 nitrogen and oxygen atoms in total. The van der Waals surface area contributed by atoms with E-state index in [1.54, 1.807) is 0 Å². The molecule has 1 N–H and O–H groups in total. The van der Waals surface area contributed by atoms with Crippen LogP contribution in [0.4, 0.5) is 4.39 Å². The molecule has 2 rings (SSSR count).